The van der Waals surface area contributed by atoms with Crippen LogP contribution in [0, 0.1) is 0 Å². The zero-order chi connectivity index (χ0) is 14.1. The van der Waals surface area contributed by atoms with E-state index in [9.17, 15) is 0 Å². The van der Waals surface area contributed by atoms with Gasteiger partial charge in [0.25, 0.3) is 0 Å². The zero-order valence-electron chi connectivity index (χ0n) is 10.3. The molecule has 20 heavy (non-hydrogen) atoms. The topological polar surface area (TPSA) is 28.0 Å². The number of rotatable bonds is 2. The van der Waals surface area contributed by atoms with Gasteiger partial charge < -0.3 is 0 Å². The molecule has 2 aromatic carbocycles. The number of halogens is 3. The van der Waals surface area contributed by atoms with Gasteiger partial charge in [-0.1, -0.05) is 58.2 Å². The first kappa shape index (κ1) is 13.7. The van der Waals surface area contributed by atoms with Gasteiger partial charge in [0, 0.05) is 5.02 Å². The lowest BCUT2D eigenvalue weighted by Gasteiger charge is -2.23. The average molecular weight is 327 g/mol. The Morgan fingerprint density at radius 2 is 1.75 bits per heavy atom. The number of hydrogen-bond donors (Lipinski definition) is 0. The molecule has 3 rings (SSSR count). The Labute approximate surface area is 131 Å². The minimum absolute atomic E-state index is 0.0269. The van der Waals surface area contributed by atoms with Crippen LogP contribution in [0.15, 0.2) is 52.8 Å². The van der Waals surface area contributed by atoms with Gasteiger partial charge in [0.05, 0.1) is 22.3 Å². The second-order valence-corrected chi connectivity index (χ2v) is 5.62. The van der Waals surface area contributed by atoms with Crippen LogP contribution >= 0.6 is 34.8 Å². The summed E-state index contributed by atoms with van der Waals surface area (Å²) >= 11 is 18.3. The average Bonchev–Trinajstić information content (AvgIpc) is 2.91. The minimum Gasteiger partial charge on any atom is -0.238 e. The molecule has 0 radical (unpaired) electrons. The normalized spacial score (nSPS) is 17.8. The van der Waals surface area contributed by atoms with E-state index in [-0.39, 0.29) is 6.04 Å². The molecule has 102 valence electrons. The lowest BCUT2D eigenvalue weighted by atomic mass is 10.1. The molecule has 0 fully saturated rings. The van der Waals surface area contributed by atoms with Crippen molar-refractivity contribution in [3.63, 3.8) is 0 Å². The Balaban J connectivity index is 1.98. The van der Waals surface area contributed by atoms with Crippen LogP contribution in [0.3, 0.4) is 0 Å². The van der Waals surface area contributed by atoms with E-state index in [2.05, 4.69) is 10.3 Å². The van der Waals surface area contributed by atoms with Crippen molar-refractivity contribution >= 4 is 40.5 Å². The molecule has 0 N–H and O–H groups in total. The predicted octanol–water partition coefficient (Wildman–Crippen LogP) is 5.58. The van der Waals surface area contributed by atoms with E-state index in [1.165, 1.54) is 0 Å². The highest BCUT2D eigenvalue weighted by Crippen LogP contribution is 2.37. The lowest BCUT2D eigenvalue weighted by molar-refractivity contribution is 0.732. The fourth-order valence-corrected chi connectivity index (χ4v) is 2.71. The van der Waals surface area contributed by atoms with Crippen LogP contribution in [0.4, 0.5) is 5.69 Å². The monoisotopic (exact) mass is 325 g/mol. The molecule has 2 aromatic rings. The van der Waals surface area contributed by atoms with Gasteiger partial charge in [-0.15, -0.1) is 0 Å². The molecule has 0 amide bonds. The summed E-state index contributed by atoms with van der Waals surface area (Å²) in [4.78, 5) is 0. The molecule has 0 aromatic heterocycles. The van der Waals surface area contributed by atoms with Gasteiger partial charge in [-0.3, -0.25) is 0 Å². The van der Waals surface area contributed by atoms with Gasteiger partial charge >= 0.3 is 0 Å². The first-order chi connectivity index (χ1) is 9.66. The standard InChI is InChI=1S/C14H10Cl3N3/c15-11-4-2-1-3-10(11)14-8-18-19-20(14)9-5-6-12(16)13(17)7-9/h1-7,14H,8H2. The molecule has 0 saturated heterocycles. The molecule has 1 heterocycles. The predicted molar refractivity (Wildman–Crippen MR) is 82.9 cm³/mol. The van der Waals surface area contributed by atoms with Gasteiger partial charge in [0.1, 0.15) is 6.04 Å². The maximum atomic E-state index is 6.26. The van der Waals surface area contributed by atoms with E-state index < -0.39 is 0 Å². The molecule has 1 atom stereocenters. The summed E-state index contributed by atoms with van der Waals surface area (Å²) in [6.45, 7) is 0.560. The molecule has 0 saturated carbocycles. The summed E-state index contributed by atoms with van der Waals surface area (Å²) in [6, 6.07) is 13.1. The number of hydrogen-bond acceptors (Lipinski definition) is 3. The van der Waals surface area contributed by atoms with E-state index in [0.29, 0.717) is 21.6 Å². The first-order valence-electron chi connectivity index (χ1n) is 6.03. The minimum atomic E-state index is -0.0269. The van der Waals surface area contributed by atoms with Crippen LogP contribution in [-0.4, -0.2) is 6.54 Å². The van der Waals surface area contributed by atoms with Crippen LogP contribution in [0.5, 0.6) is 0 Å². The van der Waals surface area contributed by atoms with Crippen molar-refractivity contribution in [2.24, 2.45) is 10.3 Å². The summed E-state index contributed by atoms with van der Waals surface area (Å²) in [5.74, 6) is 0. The third kappa shape index (κ3) is 2.49. The van der Waals surface area contributed by atoms with Crippen LogP contribution in [0.25, 0.3) is 0 Å². The third-order valence-corrected chi connectivity index (χ3v) is 4.22. The molecule has 1 aliphatic rings. The van der Waals surface area contributed by atoms with Gasteiger partial charge in [-0.05, 0) is 29.8 Å². The van der Waals surface area contributed by atoms with E-state index in [1.54, 1.807) is 12.1 Å². The molecule has 1 aliphatic heterocycles. The van der Waals surface area contributed by atoms with Gasteiger partial charge in [-0.2, -0.15) is 5.11 Å². The van der Waals surface area contributed by atoms with E-state index in [0.717, 1.165) is 11.3 Å². The molecule has 0 bridgehead atoms. The SMILES string of the molecule is Clc1ccc(N2N=NCC2c2ccccc2Cl)cc1Cl. The molecule has 6 heteroatoms. The van der Waals surface area contributed by atoms with Crippen LogP contribution in [-0.2, 0) is 0 Å². The summed E-state index contributed by atoms with van der Waals surface area (Å²) in [6.07, 6.45) is 0. The molecule has 3 nitrogen and oxygen atoms in total. The molecule has 0 spiro atoms. The summed E-state index contributed by atoms with van der Waals surface area (Å²) in [5, 5.41) is 11.8. The fraction of sp³-hybridized carbons (Fsp3) is 0.143. The Bertz CT molecular complexity index is 672. The maximum absolute atomic E-state index is 6.26. The Kier molecular flexibility index (Phi) is 3.83. The third-order valence-electron chi connectivity index (χ3n) is 3.14. The smallest absolute Gasteiger partial charge is 0.102 e. The zero-order valence-corrected chi connectivity index (χ0v) is 12.6. The molecule has 1 unspecified atom stereocenters. The van der Waals surface area contributed by atoms with Crippen LogP contribution in [0.1, 0.15) is 11.6 Å². The van der Waals surface area contributed by atoms with Crippen molar-refractivity contribution in [1.82, 2.24) is 0 Å². The molecular formula is C14H10Cl3N3. The largest absolute Gasteiger partial charge is 0.238 e. The van der Waals surface area contributed by atoms with Crippen molar-refractivity contribution in [1.29, 1.82) is 0 Å². The molecular weight excluding hydrogens is 317 g/mol. The van der Waals surface area contributed by atoms with Crippen molar-refractivity contribution < 1.29 is 0 Å². The van der Waals surface area contributed by atoms with Crippen molar-refractivity contribution in [2.75, 3.05) is 11.6 Å². The highest BCUT2D eigenvalue weighted by Gasteiger charge is 2.27. The number of anilines is 1. The van der Waals surface area contributed by atoms with Crippen molar-refractivity contribution in [3.05, 3.63) is 63.1 Å². The Hall–Kier alpha value is -1.29. The second kappa shape index (κ2) is 5.60. The van der Waals surface area contributed by atoms with E-state index in [4.69, 9.17) is 34.8 Å². The maximum Gasteiger partial charge on any atom is 0.102 e. The second-order valence-electron chi connectivity index (χ2n) is 4.39. The lowest BCUT2D eigenvalue weighted by Crippen LogP contribution is -2.20. The quantitative estimate of drug-likeness (QED) is 0.708. The Morgan fingerprint density at radius 1 is 0.950 bits per heavy atom. The highest BCUT2D eigenvalue weighted by atomic mass is 35.5. The van der Waals surface area contributed by atoms with Gasteiger partial charge in [0.15, 0.2) is 0 Å². The molecule has 0 aliphatic carbocycles. The van der Waals surface area contributed by atoms with Crippen molar-refractivity contribution in [2.45, 2.75) is 6.04 Å². The van der Waals surface area contributed by atoms with Gasteiger partial charge in [0.2, 0.25) is 0 Å². The summed E-state index contributed by atoms with van der Waals surface area (Å²) in [7, 11) is 0. The van der Waals surface area contributed by atoms with E-state index in [1.807, 2.05) is 35.3 Å². The first-order valence-corrected chi connectivity index (χ1v) is 7.16. The highest BCUT2D eigenvalue weighted by molar-refractivity contribution is 6.42. The Morgan fingerprint density at radius 3 is 2.50 bits per heavy atom. The summed E-state index contributed by atoms with van der Waals surface area (Å²) in [5.41, 5.74) is 1.83. The fourth-order valence-electron chi connectivity index (χ4n) is 2.16. The van der Waals surface area contributed by atoms with Crippen LogP contribution in [0.2, 0.25) is 15.1 Å². The van der Waals surface area contributed by atoms with Crippen molar-refractivity contribution in [3.8, 4) is 0 Å². The summed E-state index contributed by atoms with van der Waals surface area (Å²) < 4.78 is 0. The van der Waals surface area contributed by atoms with Gasteiger partial charge in [-0.25, -0.2) is 5.01 Å². The number of benzene rings is 2. The number of nitrogens with zero attached hydrogens (tertiary/aromatic N) is 3. The van der Waals surface area contributed by atoms with Crippen LogP contribution < -0.4 is 5.01 Å². The van der Waals surface area contributed by atoms with E-state index >= 15 is 0 Å².